The lowest BCUT2D eigenvalue weighted by Crippen LogP contribution is -2.04. The van der Waals surface area contributed by atoms with Crippen LogP contribution in [0.25, 0.3) is 66.4 Å². The average Bonchev–Trinajstić information content (AvgIpc) is 3.97. The standard InChI is InChI=1S/C40H28N6O2/c1-3-7-33-29(5-1)31-21-25(9-13-35(31)45(33)37-15-11-27(23-43-37)39-41-17-19-47-39)26-10-14-36-32(22-26)30-6-2-4-8-34(30)46(36)38-16-12-28(24-44-38)40-42-18-20-48-40/h1-16,21-24H,17-20H2. The molecule has 0 amide bonds. The number of nitrogens with zero attached hydrogens (tertiary/aromatic N) is 6. The van der Waals surface area contributed by atoms with Gasteiger partial charge in [0.25, 0.3) is 0 Å². The fourth-order valence-electron chi connectivity index (χ4n) is 7.11. The summed E-state index contributed by atoms with van der Waals surface area (Å²) in [5.74, 6) is 3.05. The fraction of sp³-hybridized carbons (Fsp3) is 0.100. The summed E-state index contributed by atoms with van der Waals surface area (Å²) in [6.45, 7) is 2.64. The number of aliphatic imine (C=N–C) groups is 2. The number of hydrogen-bond donors (Lipinski definition) is 0. The Labute approximate surface area is 275 Å². The number of aromatic nitrogens is 4. The highest BCUT2D eigenvalue weighted by atomic mass is 16.5. The van der Waals surface area contributed by atoms with E-state index in [1.807, 2.05) is 36.7 Å². The molecule has 0 fully saturated rings. The molecule has 8 nitrogen and oxygen atoms in total. The number of para-hydroxylation sites is 2. The van der Waals surface area contributed by atoms with Crippen molar-refractivity contribution in [1.29, 1.82) is 0 Å². The van der Waals surface area contributed by atoms with Crippen molar-refractivity contribution in [2.45, 2.75) is 0 Å². The van der Waals surface area contributed by atoms with Gasteiger partial charge in [-0.2, -0.15) is 0 Å². The highest BCUT2D eigenvalue weighted by Crippen LogP contribution is 2.38. The van der Waals surface area contributed by atoms with Crippen LogP contribution in [0.4, 0.5) is 0 Å². The molecule has 2 aliphatic heterocycles. The minimum absolute atomic E-state index is 0.624. The molecule has 0 spiro atoms. The maximum absolute atomic E-state index is 5.65. The largest absolute Gasteiger partial charge is 0.475 e. The van der Waals surface area contributed by atoms with Gasteiger partial charge < -0.3 is 9.47 Å². The zero-order chi connectivity index (χ0) is 31.6. The molecule has 10 rings (SSSR count). The quantitative estimate of drug-likeness (QED) is 0.195. The highest BCUT2D eigenvalue weighted by molar-refractivity contribution is 6.12. The molecule has 0 saturated heterocycles. The van der Waals surface area contributed by atoms with Gasteiger partial charge in [0.05, 0.1) is 46.3 Å². The third kappa shape index (κ3) is 4.15. The lowest BCUT2D eigenvalue weighted by molar-refractivity contribution is 0.348. The first-order chi connectivity index (χ1) is 23.8. The van der Waals surface area contributed by atoms with E-state index in [1.54, 1.807) is 0 Å². The average molecular weight is 625 g/mol. The summed E-state index contributed by atoms with van der Waals surface area (Å²) in [4.78, 5) is 18.6. The second-order valence-corrected chi connectivity index (χ2v) is 12.0. The maximum Gasteiger partial charge on any atom is 0.217 e. The molecule has 0 atom stereocenters. The summed E-state index contributed by atoms with van der Waals surface area (Å²) in [5, 5.41) is 4.73. The van der Waals surface area contributed by atoms with E-state index >= 15 is 0 Å². The molecule has 4 aromatic heterocycles. The van der Waals surface area contributed by atoms with E-state index in [1.165, 1.54) is 21.5 Å². The monoisotopic (exact) mass is 624 g/mol. The number of pyridine rings is 2. The summed E-state index contributed by atoms with van der Waals surface area (Å²) in [5.41, 5.74) is 8.56. The minimum Gasteiger partial charge on any atom is -0.475 e. The van der Waals surface area contributed by atoms with Crippen LogP contribution in [-0.4, -0.2) is 57.2 Å². The lowest BCUT2D eigenvalue weighted by atomic mass is 10.0. The second kappa shape index (κ2) is 10.6. The van der Waals surface area contributed by atoms with Gasteiger partial charge in [0.2, 0.25) is 11.8 Å². The van der Waals surface area contributed by atoms with E-state index in [4.69, 9.17) is 19.4 Å². The first kappa shape index (κ1) is 26.9. The van der Waals surface area contributed by atoms with Crippen LogP contribution >= 0.6 is 0 Å². The first-order valence-corrected chi connectivity index (χ1v) is 16.2. The van der Waals surface area contributed by atoms with Gasteiger partial charge in [-0.15, -0.1) is 0 Å². The molecule has 2 aliphatic rings. The Morgan fingerprint density at radius 3 is 1.29 bits per heavy atom. The van der Waals surface area contributed by atoms with Gasteiger partial charge in [-0.05, 0) is 71.8 Å². The van der Waals surface area contributed by atoms with Gasteiger partial charge in [0.1, 0.15) is 24.8 Å². The number of benzene rings is 4. The first-order valence-electron chi connectivity index (χ1n) is 16.2. The Morgan fingerprint density at radius 2 is 0.875 bits per heavy atom. The summed E-state index contributed by atoms with van der Waals surface area (Å²) in [6, 6.07) is 38.7. The van der Waals surface area contributed by atoms with E-state index in [0.717, 1.165) is 56.0 Å². The van der Waals surface area contributed by atoms with Crippen molar-refractivity contribution in [3.05, 3.63) is 133 Å². The molecule has 0 bridgehead atoms. The Kier molecular flexibility index (Phi) is 5.96. The van der Waals surface area contributed by atoms with Gasteiger partial charge in [-0.25, -0.2) is 20.0 Å². The molecule has 0 aliphatic carbocycles. The van der Waals surface area contributed by atoms with Crippen LogP contribution < -0.4 is 0 Å². The molecule has 48 heavy (non-hydrogen) atoms. The van der Waals surface area contributed by atoms with Crippen molar-refractivity contribution in [1.82, 2.24) is 19.1 Å². The zero-order valence-electron chi connectivity index (χ0n) is 25.9. The third-order valence-corrected chi connectivity index (χ3v) is 9.30. The fourth-order valence-corrected chi connectivity index (χ4v) is 7.11. The van der Waals surface area contributed by atoms with Gasteiger partial charge in [0.15, 0.2) is 0 Å². The molecule has 8 aromatic rings. The molecule has 0 unspecified atom stereocenters. The van der Waals surface area contributed by atoms with Crippen LogP contribution in [0.1, 0.15) is 11.1 Å². The van der Waals surface area contributed by atoms with Crippen molar-refractivity contribution < 1.29 is 9.47 Å². The molecule has 230 valence electrons. The topological polar surface area (TPSA) is 78.8 Å². The van der Waals surface area contributed by atoms with E-state index in [9.17, 15) is 0 Å². The molecular formula is C40H28N6O2. The molecule has 0 N–H and O–H groups in total. The van der Waals surface area contributed by atoms with E-state index in [2.05, 4.69) is 104 Å². The van der Waals surface area contributed by atoms with Crippen molar-refractivity contribution in [3.63, 3.8) is 0 Å². The predicted molar refractivity (Wildman–Crippen MR) is 191 cm³/mol. The van der Waals surface area contributed by atoms with Crippen LogP contribution in [0, 0.1) is 0 Å². The lowest BCUT2D eigenvalue weighted by Gasteiger charge is -2.09. The predicted octanol–water partition coefficient (Wildman–Crippen LogP) is 7.89. The highest BCUT2D eigenvalue weighted by Gasteiger charge is 2.18. The van der Waals surface area contributed by atoms with Crippen LogP contribution in [0.3, 0.4) is 0 Å². The maximum atomic E-state index is 5.65. The van der Waals surface area contributed by atoms with Crippen LogP contribution in [0.2, 0.25) is 0 Å². The Balaban J connectivity index is 1.09. The summed E-state index contributed by atoms with van der Waals surface area (Å²) in [7, 11) is 0. The van der Waals surface area contributed by atoms with Crippen LogP contribution in [0.5, 0.6) is 0 Å². The molecule has 6 heterocycles. The van der Waals surface area contributed by atoms with Crippen molar-refractivity contribution in [2.24, 2.45) is 9.98 Å². The smallest absolute Gasteiger partial charge is 0.217 e. The van der Waals surface area contributed by atoms with Crippen molar-refractivity contribution >= 4 is 55.4 Å². The number of fused-ring (bicyclic) bond motifs is 6. The third-order valence-electron chi connectivity index (χ3n) is 9.30. The van der Waals surface area contributed by atoms with Gasteiger partial charge >= 0.3 is 0 Å². The van der Waals surface area contributed by atoms with Crippen LogP contribution in [0.15, 0.2) is 132 Å². The van der Waals surface area contributed by atoms with Gasteiger partial charge in [0, 0.05) is 33.9 Å². The molecular weight excluding hydrogens is 596 g/mol. The van der Waals surface area contributed by atoms with E-state index in [0.29, 0.717) is 38.1 Å². The Bertz CT molecular complexity index is 2430. The normalized spacial score (nSPS) is 14.5. The van der Waals surface area contributed by atoms with Crippen molar-refractivity contribution in [2.75, 3.05) is 26.3 Å². The Morgan fingerprint density at radius 1 is 0.438 bits per heavy atom. The molecule has 0 saturated carbocycles. The summed E-state index contributed by atoms with van der Waals surface area (Å²) < 4.78 is 15.8. The molecule has 4 aromatic carbocycles. The zero-order valence-corrected chi connectivity index (χ0v) is 25.9. The SMILES string of the molecule is c1ccc2c(c1)c1cc(-c3ccc4c(c3)c3ccccc3n4-c3ccc(C4=NCCO4)cn3)ccc1n2-c1ccc(C2=NCCO2)cn1. The second-order valence-electron chi connectivity index (χ2n) is 12.0. The minimum atomic E-state index is 0.624. The van der Waals surface area contributed by atoms with Gasteiger partial charge in [-0.3, -0.25) is 9.13 Å². The summed E-state index contributed by atoms with van der Waals surface area (Å²) in [6.07, 6.45) is 3.70. The van der Waals surface area contributed by atoms with E-state index < -0.39 is 0 Å². The van der Waals surface area contributed by atoms with Crippen LogP contribution in [-0.2, 0) is 9.47 Å². The number of hydrogen-bond acceptors (Lipinski definition) is 6. The van der Waals surface area contributed by atoms with Crippen molar-refractivity contribution in [3.8, 4) is 22.8 Å². The number of rotatable bonds is 5. The number of ether oxygens (including phenoxy) is 2. The molecule has 0 radical (unpaired) electrons. The Hall–Kier alpha value is -6.28. The van der Waals surface area contributed by atoms with E-state index in [-0.39, 0.29) is 0 Å². The summed E-state index contributed by atoms with van der Waals surface area (Å²) >= 11 is 0. The molecule has 8 heteroatoms. The van der Waals surface area contributed by atoms with Gasteiger partial charge in [-0.1, -0.05) is 48.5 Å².